The van der Waals surface area contributed by atoms with Crippen LogP contribution >= 0.6 is 0 Å². The molecule has 0 aliphatic rings. The Balaban J connectivity index is 3.71. The quantitative estimate of drug-likeness (QED) is 0.560. The summed E-state index contributed by atoms with van der Waals surface area (Å²) in [7, 11) is 5.77. The Kier molecular flexibility index (Phi) is 9.92. The minimum Gasteiger partial charge on any atom is -0.385 e. The highest BCUT2D eigenvalue weighted by Gasteiger charge is 2.14. The molecule has 0 spiro atoms. The van der Waals surface area contributed by atoms with Crippen LogP contribution in [0.5, 0.6) is 0 Å². The summed E-state index contributed by atoms with van der Waals surface area (Å²) in [4.78, 5) is 13.9. The molecular weight excluding hydrogens is 230 g/mol. The van der Waals surface area contributed by atoms with E-state index in [0.29, 0.717) is 19.2 Å². The fourth-order valence-corrected chi connectivity index (χ4v) is 1.62. The van der Waals surface area contributed by atoms with E-state index in [4.69, 9.17) is 4.74 Å². The Hall–Kier alpha value is -0.650. The first-order valence-electron chi connectivity index (χ1n) is 6.64. The normalized spacial score (nSPS) is 14.6. The summed E-state index contributed by atoms with van der Waals surface area (Å²) in [5.74, 6) is 0.0582. The predicted octanol–water partition coefficient (Wildman–Crippen LogP) is 0.457. The van der Waals surface area contributed by atoms with E-state index in [0.717, 1.165) is 19.4 Å². The average molecular weight is 259 g/mol. The van der Waals surface area contributed by atoms with Crippen molar-refractivity contribution >= 4 is 5.91 Å². The molecular formula is C13H29N3O2. The van der Waals surface area contributed by atoms with Crippen molar-refractivity contribution in [3.63, 3.8) is 0 Å². The van der Waals surface area contributed by atoms with Crippen LogP contribution in [-0.4, -0.2) is 63.8 Å². The standard InChI is InChI=1S/C13H29N3O2/c1-11(7-9-16(3)4)15-12(2)13(17)14-8-6-10-18-5/h11-12,15H,6-10H2,1-5H3,(H,14,17). The van der Waals surface area contributed by atoms with Gasteiger partial charge in [-0.15, -0.1) is 0 Å². The van der Waals surface area contributed by atoms with E-state index in [1.807, 2.05) is 6.92 Å². The smallest absolute Gasteiger partial charge is 0.236 e. The third-order valence-electron chi connectivity index (χ3n) is 2.76. The second-order valence-electron chi connectivity index (χ2n) is 5.02. The van der Waals surface area contributed by atoms with Crippen molar-refractivity contribution in [1.29, 1.82) is 0 Å². The Labute approximate surface area is 111 Å². The number of methoxy groups -OCH3 is 1. The molecule has 0 saturated carbocycles. The Bertz CT molecular complexity index is 222. The van der Waals surface area contributed by atoms with Crippen LogP contribution in [0.3, 0.4) is 0 Å². The zero-order valence-electron chi connectivity index (χ0n) is 12.5. The third-order valence-corrected chi connectivity index (χ3v) is 2.76. The van der Waals surface area contributed by atoms with Crippen molar-refractivity contribution in [2.45, 2.75) is 38.8 Å². The molecule has 0 radical (unpaired) electrons. The van der Waals surface area contributed by atoms with Gasteiger partial charge in [-0.3, -0.25) is 4.79 Å². The number of carbonyl (C=O) groups excluding carboxylic acids is 1. The minimum absolute atomic E-state index is 0.0582. The topological polar surface area (TPSA) is 53.6 Å². The molecule has 2 atom stereocenters. The van der Waals surface area contributed by atoms with Gasteiger partial charge in [0.2, 0.25) is 5.91 Å². The zero-order chi connectivity index (χ0) is 14.0. The lowest BCUT2D eigenvalue weighted by atomic mass is 10.2. The molecule has 0 aliphatic carbocycles. The lowest BCUT2D eigenvalue weighted by molar-refractivity contribution is -0.122. The molecule has 0 rings (SSSR count). The van der Waals surface area contributed by atoms with E-state index < -0.39 is 0 Å². The summed E-state index contributed by atoms with van der Waals surface area (Å²) in [5, 5.41) is 6.20. The molecule has 18 heavy (non-hydrogen) atoms. The molecule has 2 N–H and O–H groups in total. The molecule has 0 aromatic carbocycles. The summed E-state index contributed by atoms with van der Waals surface area (Å²) >= 11 is 0. The molecule has 5 nitrogen and oxygen atoms in total. The zero-order valence-corrected chi connectivity index (χ0v) is 12.5. The first-order chi connectivity index (χ1) is 8.47. The molecule has 0 aliphatic heterocycles. The van der Waals surface area contributed by atoms with Gasteiger partial charge in [0.25, 0.3) is 0 Å². The molecule has 0 saturated heterocycles. The summed E-state index contributed by atoms with van der Waals surface area (Å²) in [6.07, 6.45) is 1.89. The average Bonchev–Trinajstić information content (AvgIpc) is 2.31. The van der Waals surface area contributed by atoms with Gasteiger partial charge in [-0.05, 0) is 47.3 Å². The van der Waals surface area contributed by atoms with Crippen LogP contribution in [0.4, 0.5) is 0 Å². The molecule has 0 bridgehead atoms. The lowest BCUT2D eigenvalue weighted by Gasteiger charge is -2.21. The first kappa shape index (κ1) is 17.4. The number of rotatable bonds is 10. The fraction of sp³-hybridized carbons (Fsp3) is 0.923. The maximum absolute atomic E-state index is 11.8. The molecule has 108 valence electrons. The molecule has 0 aromatic rings. The lowest BCUT2D eigenvalue weighted by Crippen LogP contribution is -2.46. The van der Waals surface area contributed by atoms with Gasteiger partial charge in [0.05, 0.1) is 6.04 Å². The van der Waals surface area contributed by atoms with Crippen LogP contribution in [-0.2, 0) is 9.53 Å². The van der Waals surface area contributed by atoms with E-state index in [1.54, 1.807) is 7.11 Å². The second-order valence-corrected chi connectivity index (χ2v) is 5.02. The molecule has 2 unspecified atom stereocenters. The Morgan fingerprint density at radius 3 is 2.56 bits per heavy atom. The van der Waals surface area contributed by atoms with Crippen molar-refractivity contribution in [2.75, 3.05) is 40.9 Å². The number of hydrogen-bond acceptors (Lipinski definition) is 4. The molecule has 1 amide bonds. The van der Waals surface area contributed by atoms with Gasteiger partial charge in [-0.1, -0.05) is 0 Å². The molecule has 0 fully saturated rings. The predicted molar refractivity (Wildman–Crippen MR) is 74.7 cm³/mol. The van der Waals surface area contributed by atoms with Crippen molar-refractivity contribution < 1.29 is 9.53 Å². The van der Waals surface area contributed by atoms with Crippen molar-refractivity contribution in [2.24, 2.45) is 0 Å². The third kappa shape index (κ3) is 9.39. The Morgan fingerprint density at radius 2 is 2.00 bits per heavy atom. The maximum Gasteiger partial charge on any atom is 0.236 e. The van der Waals surface area contributed by atoms with Gasteiger partial charge >= 0.3 is 0 Å². The number of hydrogen-bond donors (Lipinski definition) is 2. The minimum atomic E-state index is -0.148. The fourth-order valence-electron chi connectivity index (χ4n) is 1.62. The molecule has 0 aromatic heterocycles. The van der Waals surface area contributed by atoms with Gasteiger partial charge in [-0.25, -0.2) is 0 Å². The van der Waals surface area contributed by atoms with Crippen LogP contribution in [0.2, 0.25) is 0 Å². The number of amides is 1. The number of nitrogens with one attached hydrogen (secondary N) is 2. The van der Waals surface area contributed by atoms with E-state index in [9.17, 15) is 4.79 Å². The van der Waals surface area contributed by atoms with E-state index in [1.165, 1.54) is 0 Å². The SMILES string of the molecule is COCCCNC(=O)C(C)NC(C)CCN(C)C. The number of nitrogens with zero attached hydrogens (tertiary/aromatic N) is 1. The monoisotopic (exact) mass is 259 g/mol. The summed E-state index contributed by atoms with van der Waals surface area (Å²) in [6, 6.07) is 0.192. The van der Waals surface area contributed by atoms with Crippen LogP contribution in [0, 0.1) is 0 Å². The van der Waals surface area contributed by atoms with Gasteiger partial charge in [-0.2, -0.15) is 0 Å². The van der Waals surface area contributed by atoms with E-state index >= 15 is 0 Å². The maximum atomic E-state index is 11.8. The van der Waals surface area contributed by atoms with Crippen molar-refractivity contribution in [3.05, 3.63) is 0 Å². The number of ether oxygens (including phenoxy) is 1. The van der Waals surface area contributed by atoms with Crippen LogP contribution in [0.1, 0.15) is 26.7 Å². The summed E-state index contributed by atoms with van der Waals surface area (Å²) in [5.41, 5.74) is 0. The highest BCUT2D eigenvalue weighted by Crippen LogP contribution is 1.95. The van der Waals surface area contributed by atoms with Gasteiger partial charge in [0.1, 0.15) is 0 Å². The van der Waals surface area contributed by atoms with Gasteiger partial charge in [0.15, 0.2) is 0 Å². The van der Waals surface area contributed by atoms with Crippen LogP contribution in [0.15, 0.2) is 0 Å². The molecule has 0 heterocycles. The summed E-state index contributed by atoms with van der Waals surface area (Å²) < 4.78 is 4.93. The number of carbonyl (C=O) groups is 1. The second kappa shape index (κ2) is 10.3. The van der Waals surface area contributed by atoms with Crippen molar-refractivity contribution in [1.82, 2.24) is 15.5 Å². The first-order valence-corrected chi connectivity index (χ1v) is 6.64. The molecule has 5 heteroatoms. The Morgan fingerprint density at radius 1 is 1.33 bits per heavy atom. The van der Waals surface area contributed by atoms with Crippen molar-refractivity contribution in [3.8, 4) is 0 Å². The van der Waals surface area contributed by atoms with Gasteiger partial charge < -0.3 is 20.3 Å². The van der Waals surface area contributed by atoms with Crippen LogP contribution < -0.4 is 10.6 Å². The summed E-state index contributed by atoms with van der Waals surface area (Å²) in [6.45, 7) is 6.39. The van der Waals surface area contributed by atoms with Crippen LogP contribution in [0.25, 0.3) is 0 Å². The van der Waals surface area contributed by atoms with E-state index in [-0.39, 0.29) is 11.9 Å². The highest BCUT2D eigenvalue weighted by atomic mass is 16.5. The van der Waals surface area contributed by atoms with Gasteiger partial charge in [0, 0.05) is 26.3 Å². The highest BCUT2D eigenvalue weighted by molar-refractivity contribution is 5.81. The largest absolute Gasteiger partial charge is 0.385 e. The van der Waals surface area contributed by atoms with E-state index in [2.05, 4.69) is 36.6 Å².